The molecule has 28 heavy (non-hydrogen) atoms. The average Bonchev–Trinajstić information content (AvgIpc) is 3.00. The minimum absolute atomic E-state index is 0.548. The second-order valence-electron chi connectivity index (χ2n) is 8.90. The molecule has 0 saturated carbocycles. The number of unbranched alkanes of at least 4 members (excludes halogenated alkanes) is 1. The van der Waals surface area contributed by atoms with E-state index in [1.165, 1.54) is 46.7 Å². The molecule has 0 aliphatic heterocycles. The zero-order valence-corrected chi connectivity index (χ0v) is 19.0. The van der Waals surface area contributed by atoms with Gasteiger partial charge in [0.05, 0.1) is 8.07 Å². The number of hydrogen-bond donors (Lipinski definition) is 0. The summed E-state index contributed by atoms with van der Waals surface area (Å²) in [6, 6.07) is 24.5. The Morgan fingerprint density at radius 1 is 0.786 bits per heavy atom. The Balaban J connectivity index is 1.99. The fraction of sp³-hybridized carbons (Fsp3) is 0.333. The lowest BCUT2D eigenvalue weighted by Gasteiger charge is -2.38. The van der Waals surface area contributed by atoms with E-state index in [9.17, 15) is 0 Å². The predicted octanol–water partition coefficient (Wildman–Crippen LogP) is 7.05. The Labute approximate surface area is 171 Å². The SMILES string of the molecule is CCCC[Si](C)(c1c(C)cc(C)cc1C)C1c2ccccc2-c2ccccc21. The Hall–Kier alpha value is -2.12. The predicted molar refractivity (Wildman–Crippen MR) is 125 cm³/mol. The summed E-state index contributed by atoms with van der Waals surface area (Å²) >= 11 is 0. The van der Waals surface area contributed by atoms with Crippen LogP contribution in [0.25, 0.3) is 11.1 Å². The van der Waals surface area contributed by atoms with Gasteiger partial charge in [0, 0.05) is 5.54 Å². The number of fused-ring (bicyclic) bond motifs is 3. The molecule has 0 radical (unpaired) electrons. The van der Waals surface area contributed by atoms with E-state index in [-0.39, 0.29) is 0 Å². The third-order valence-electron chi connectivity index (χ3n) is 6.77. The molecule has 0 bridgehead atoms. The van der Waals surface area contributed by atoms with Gasteiger partial charge in [-0.25, -0.2) is 0 Å². The lowest BCUT2D eigenvalue weighted by molar-refractivity contribution is 0.858. The maximum Gasteiger partial charge on any atom is 0.0964 e. The molecule has 1 heteroatoms. The van der Waals surface area contributed by atoms with Crippen LogP contribution < -0.4 is 5.19 Å². The van der Waals surface area contributed by atoms with Gasteiger partial charge in [-0.3, -0.25) is 0 Å². The molecular formula is C27H32Si. The van der Waals surface area contributed by atoms with Gasteiger partial charge in [-0.15, -0.1) is 0 Å². The van der Waals surface area contributed by atoms with Crippen molar-refractivity contribution < 1.29 is 0 Å². The van der Waals surface area contributed by atoms with E-state index >= 15 is 0 Å². The zero-order chi connectivity index (χ0) is 19.9. The summed E-state index contributed by atoms with van der Waals surface area (Å²) in [6.07, 6.45) is 2.58. The van der Waals surface area contributed by atoms with Crippen molar-refractivity contribution in [3.8, 4) is 11.1 Å². The third-order valence-corrected chi connectivity index (χ3v) is 12.0. The molecule has 1 unspecified atom stereocenters. The number of hydrogen-bond acceptors (Lipinski definition) is 0. The largest absolute Gasteiger partial charge is 0.0964 e. The minimum Gasteiger partial charge on any atom is -0.0654 e. The molecule has 3 aromatic rings. The fourth-order valence-corrected chi connectivity index (χ4v) is 11.6. The Kier molecular flexibility index (Phi) is 5.05. The average molecular weight is 385 g/mol. The van der Waals surface area contributed by atoms with E-state index in [1.807, 2.05) is 0 Å². The molecule has 144 valence electrons. The monoisotopic (exact) mass is 384 g/mol. The van der Waals surface area contributed by atoms with Crippen LogP contribution >= 0.6 is 0 Å². The first-order valence-corrected chi connectivity index (χ1v) is 13.5. The highest BCUT2D eigenvalue weighted by atomic mass is 28.3. The van der Waals surface area contributed by atoms with Gasteiger partial charge in [0.15, 0.2) is 0 Å². The van der Waals surface area contributed by atoms with Crippen LogP contribution in [0.1, 0.15) is 53.1 Å². The third kappa shape index (κ3) is 2.97. The van der Waals surface area contributed by atoms with Gasteiger partial charge in [-0.05, 0) is 43.0 Å². The van der Waals surface area contributed by atoms with E-state index in [0.29, 0.717) is 5.54 Å². The molecule has 0 aromatic heterocycles. The number of benzene rings is 3. The van der Waals surface area contributed by atoms with Crippen LogP contribution in [-0.4, -0.2) is 8.07 Å². The van der Waals surface area contributed by atoms with Crippen LogP contribution in [-0.2, 0) is 0 Å². The molecule has 0 spiro atoms. The lowest BCUT2D eigenvalue weighted by Crippen LogP contribution is -2.52. The molecule has 4 rings (SSSR count). The van der Waals surface area contributed by atoms with E-state index in [2.05, 4.69) is 94.9 Å². The molecule has 1 atom stereocenters. The second kappa shape index (κ2) is 7.37. The molecule has 0 amide bonds. The van der Waals surface area contributed by atoms with Gasteiger partial charge in [0.25, 0.3) is 0 Å². The van der Waals surface area contributed by atoms with E-state index in [4.69, 9.17) is 0 Å². The van der Waals surface area contributed by atoms with Crippen LogP contribution in [0.15, 0.2) is 60.7 Å². The Bertz CT molecular complexity index is 948. The van der Waals surface area contributed by atoms with Crippen molar-refractivity contribution in [3.63, 3.8) is 0 Å². The molecule has 0 nitrogen and oxygen atoms in total. The quantitative estimate of drug-likeness (QED) is 0.413. The summed E-state index contributed by atoms with van der Waals surface area (Å²) in [5, 5.41) is 1.70. The van der Waals surface area contributed by atoms with Crippen molar-refractivity contribution in [2.24, 2.45) is 0 Å². The van der Waals surface area contributed by atoms with Crippen LogP contribution in [0.5, 0.6) is 0 Å². The minimum atomic E-state index is -1.83. The van der Waals surface area contributed by atoms with E-state index in [0.717, 1.165) is 0 Å². The van der Waals surface area contributed by atoms with E-state index < -0.39 is 8.07 Å². The Morgan fingerprint density at radius 2 is 1.29 bits per heavy atom. The van der Waals surface area contributed by atoms with Crippen molar-refractivity contribution >= 4 is 13.3 Å². The molecule has 0 saturated heterocycles. The van der Waals surface area contributed by atoms with Crippen molar-refractivity contribution in [3.05, 3.63) is 88.5 Å². The molecular weight excluding hydrogens is 352 g/mol. The Morgan fingerprint density at radius 3 is 1.79 bits per heavy atom. The van der Waals surface area contributed by atoms with Crippen LogP contribution in [0, 0.1) is 20.8 Å². The normalized spacial score (nSPS) is 15.2. The highest BCUT2D eigenvalue weighted by Gasteiger charge is 2.45. The van der Waals surface area contributed by atoms with Crippen molar-refractivity contribution in [1.82, 2.24) is 0 Å². The first-order valence-electron chi connectivity index (χ1n) is 10.7. The van der Waals surface area contributed by atoms with Crippen molar-refractivity contribution in [1.29, 1.82) is 0 Å². The van der Waals surface area contributed by atoms with Gasteiger partial charge in [0.2, 0.25) is 0 Å². The lowest BCUT2D eigenvalue weighted by atomic mass is 10.1. The molecule has 0 N–H and O–H groups in total. The summed E-state index contributed by atoms with van der Waals surface area (Å²) in [5.41, 5.74) is 11.0. The number of rotatable bonds is 5. The fourth-order valence-electron chi connectivity index (χ4n) is 5.88. The smallest absolute Gasteiger partial charge is 0.0654 e. The topological polar surface area (TPSA) is 0 Å². The van der Waals surface area contributed by atoms with Gasteiger partial charge in [-0.1, -0.05) is 115 Å². The van der Waals surface area contributed by atoms with Gasteiger partial charge >= 0.3 is 0 Å². The van der Waals surface area contributed by atoms with Crippen LogP contribution in [0.2, 0.25) is 12.6 Å². The number of aryl methyl sites for hydroxylation is 3. The summed E-state index contributed by atoms with van der Waals surface area (Å²) < 4.78 is 0. The van der Waals surface area contributed by atoms with Crippen LogP contribution in [0.4, 0.5) is 0 Å². The van der Waals surface area contributed by atoms with Crippen LogP contribution in [0.3, 0.4) is 0 Å². The molecule has 1 aliphatic carbocycles. The van der Waals surface area contributed by atoms with Crippen molar-refractivity contribution in [2.45, 2.75) is 58.7 Å². The summed E-state index contributed by atoms with van der Waals surface area (Å²) in [6.45, 7) is 11.9. The highest BCUT2D eigenvalue weighted by molar-refractivity contribution is 6.93. The maximum atomic E-state index is 2.66. The van der Waals surface area contributed by atoms with E-state index in [1.54, 1.807) is 16.3 Å². The standard InChI is InChI=1S/C27H32Si/c1-6-7-16-28(5,26-20(3)17-19(2)18-21(26)4)27-24-14-10-8-12-22(24)23-13-9-11-15-25(23)27/h8-15,17-18,27H,6-7,16H2,1-5H3. The van der Waals surface area contributed by atoms with Crippen molar-refractivity contribution in [2.75, 3.05) is 0 Å². The maximum absolute atomic E-state index is 2.66. The molecule has 3 aromatic carbocycles. The summed E-state index contributed by atoms with van der Waals surface area (Å²) in [4.78, 5) is 0. The first kappa shape index (κ1) is 19.2. The summed E-state index contributed by atoms with van der Waals surface area (Å²) in [5.74, 6) is 0. The molecule has 0 fully saturated rings. The molecule has 0 heterocycles. The first-order chi connectivity index (χ1) is 13.5. The second-order valence-corrected chi connectivity index (χ2v) is 13.3. The van der Waals surface area contributed by atoms with Gasteiger partial charge in [0.1, 0.15) is 0 Å². The summed E-state index contributed by atoms with van der Waals surface area (Å²) in [7, 11) is -1.83. The molecule has 1 aliphatic rings. The van der Waals surface area contributed by atoms with Gasteiger partial charge < -0.3 is 0 Å². The van der Waals surface area contributed by atoms with Gasteiger partial charge in [-0.2, -0.15) is 0 Å². The zero-order valence-electron chi connectivity index (χ0n) is 18.0. The highest BCUT2D eigenvalue weighted by Crippen LogP contribution is 2.50.